The summed E-state index contributed by atoms with van der Waals surface area (Å²) >= 11 is 0. The van der Waals surface area contributed by atoms with E-state index in [1.807, 2.05) is 0 Å². The molecule has 3 heteroatoms. The highest BCUT2D eigenvalue weighted by atomic mass is 16.5. The van der Waals surface area contributed by atoms with Crippen LogP contribution >= 0.6 is 0 Å². The first-order valence-electron chi connectivity index (χ1n) is 5.90. The molecule has 0 amide bonds. The molecule has 15 heavy (non-hydrogen) atoms. The van der Waals surface area contributed by atoms with Crippen molar-refractivity contribution in [2.24, 2.45) is 0 Å². The third kappa shape index (κ3) is 2.71. The van der Waals surface area contributed by atoms with E-state index < -0.39 is 0 Å². The van der Waals surface area contributed by atoms with Crippen molar-refractivity contribution in [2.45, 2.75) is 45.3 Å². The van der Waals surface area contributed by atoms with E-state index in [2.05, 4.69) is 51.6 Å². The van der Waals surface area contributed by atoms with Crippen LogP contribution in [0.2, 0.25) is 0 Å². The van der Waals surface area contributed by atoms with E-state index in [4.69, 9.17) is 4.74 Å². The minimum atomic E-state index is 0.243. The second kappa shape index (κ2) is 4.81. The number of hydrogen-bond acceptors (Lipinski definition) is 3. The molecule has 0 spiro atoms. The fourth-order valence-corrected chi connectivity index (χ4v) is 1.94. The minimum absolute atomic E-state index is 0.243. The molecule has 1 aliphatic rings. The van der Waals surface area contributed by atoms with Gasteiger partial charge in [0.05, 0.1) is 18.8 Å². The lowest BCUT2D eigenvalue weighted by molar-refractivity contribution is -0.152. The molecule has 1 aliphatic heterocycles. The van der Waals surface area contributed by atoms with E-state index in [1.165, 1.54) is 0 Å². The molecule has 0 atom stereocenters. The molecule has 1 heterocycles. The lowest BCUT2D eigenvalue weighted by Crippen LogP contribution is -2.67. The molecular formula is C12H26N2O. The van der Waals surface area contributed by atoms with Gasteiger partial charge in [-0.3, -0.25) is 4.90 Å². The Morgan fingerprint density at radius 1 is 1.07 bits per heavy atom. The average Bonchev–Trinajstić information content (AvgIpc) is 2.09. The largest absolute Gasteiger partial charge is 0.377 e. The average molecular weight is 214 g/mol. The van der Waals surface area contributed by atoms with Crippen LogP contribution in [0.1, 0.15) is 27.7 Å². The Labute approximate surface area is 94.4 Å². The Balaban J connectivity index is 2.61. The molecule has 0 radical (unpaired) electrons. The fraction of sp³-hybridized carbons (Fsp3) is 1.00. The predicted molar refractivity (Wildman–Crippen MR) is 64.2 cm³/mol. The standard InChI is InChI=1S/C12H26N2O/c1-10(2)13(5)7-12(8-15-9-12)14(6)11(3)4/h10-11H,7-9H2,1-6H3. The van der Waals surface area contributed by atoms with Crippen molar-refractivity contribution in [1.82, 2.24) is 9.80 Å². The molecule has 0 aromatic rings. The molecule has 0 bridgehead atoms. The van der Waals surface area contributed by atoms with Gasteiger partial charge in [0.1, 0.15) is 0 Å². The van der Waals surface area contributed by atoms with Crippen LogP contribution in [-0.4, -0.2) is 61.3 Å². The number of likely N-dealkylation sites (N-methyl/N-ethyl adjacent to an activating group) is 2. The minimum Gasteiger partial charge on any atom is -0.377 e. The van der Waals surface area contributed by atoms with E-state index in [9.17, 15) is 0 Å². The smallest absolute Gasteiger partial charge is 0.0806 e. The van der Waals surface area contributed by atoms with Crippen molar-refractivity contribution in [3.05, 3.63) is 0 Å². The van der Waals surface area contributed by atoms with Gasteiger partial charge in [-0.2, -0.15) is 0 Å². The lowest BCUT2D eigenvalue weighted by atomic mass is 9.93. The highest BCUT2D eigenvalue weighted by Gasteiger charge is 2.44. The second-order valence-electron chi connectivity index (χ2n) is 5.43. The molecule has 1 saturated heterocycles. The van der Waals surface area contributed by atoms with E-state index in [-0.39, 0.29) is 5.54 Å². The second-order valence-corrected chi connectivity index (χ2v) is 5.43. The van der Waals surface area contributed by atoms with Gasteiger partial charge in [0.25, 0.3) is 0 Å². The predicted octanol–water partition coefficient (Wildman–Crippen LogP) is 1.44. The van der Waals surface area contributed by atoms with Crippen LogP contribution in [-0.2, 0) is 4.74 Å². The number of nitrogens with zero attached hydrogens (tertiary/aromatic N) is 2. The molecule has 1 rings (SSSR count). The van der Waals surface area contributed by atoms with Crippen LogP contribution in [0.4, 0.5) is 0 Å². The molecule has 0 aliphatic carbocycles. The highest BCUT2D eigenvalue weighted by molar-refractivity contribution is 4.99. The Bertz CT molecular complexity index is 200. The summed E-state index contributed by atoms with van der Waals surface area (Å²) in [5.74, 6) is 0. The van der Waals surface area contributed by atoms with Gasteiger partial charge >= 0.3 is 0 Å². The van der Waals surface area contributed by atoms with Crippen molar-refractivity contribution in [1.29, 1.82) is 0 Å². The first-order chi connectivity index (χ1) is 6.89. The normalized spacial score (nSPS) is 20.4. The third-order valence-corrected chi connectivity index (χ3v) is 3.69. The summed E-state index contributed by atoms with van der Waals surface area (Å²) in [6, 6.07) is 1.18. The Morgan fingerprint density at radius 2 is 1.60 bits per heavy atom. The maximum absolute atomic E-state index is 5.42. The highest BCUT2D eigenvalue weighted by Crippen LogP contribution is 2.27. The number of ether oxygens (including phenoxy) is 1. The topological polar surface area (TPSA) is 15.7 Å². The van der Waals surface area contributed by atoms with Crippen molar-refractivity contribution >= 4 is 0 Å². The Morgan fingerprint density at radius 3 is 1.87 bits per heavy atom. The molecule has 0 aromatic carbocycles. The van der Waals surface area contributed by atoms with Crippen LogP contribution < -0.4 is 0 Å². The van der Waals surface area contributed by atoms with E-state index in [0.717, 1.165) is 19.8 Å². The van der Waals surface area contributed by atoms with Gasteiger partial charge in [0.15, 0.2) is 0 Å². The molecule has 0 saturated carbocycles. The summed E-state index contributed by atoms with van der Waals surface area (Å²) in [7, 11) is 4.40. The zero-order valence-electron chi connectivity index (χ0n) is 11.1. The van der Waals surface area contributed by atoms with Gasteiger partial charge in [0.2, 0.25) is 0 Å². The first kappa shape index (κ1) is 12.9. The van der Waals surface area contributed by atoms with Crippen LogP contribution in [0.25, 0.3) is 0 Å². The Kier molecular flexibility index (Phi) is 4.15. The van der Waals surface area contributed by atoms with Gasteiger partial charge < -0.3 is 9.64 Å². The molecule has 0 N–H and O–H groups in total. The van der Waals surface area contributed by atoms with Crippen LogP contribution in [0.15, 0.2) is 0 Å². The van der Waals surface area contributed by atoms with Crippen LogP contribution in [0, 0.1) is 0 Å². The van der Waals surface area contributed by atoms with Crippen LogP contribution in [0.5, 0.6) is 0 Å². The lowest BCUT2D eigenvalue weighted by Gasteiger charge is -2.52. The summed E-state index contributed by atoms with van der Waals surface area (Å²) in [6.07, 6.45) is 0. The zero-order chi connectivity index (χ0) is 11.6. The molecule has 0 aromatic heterocycles. The Hall–Kier alpha value is -0.120. The SMILES string of the molecule is CC(C)N(C)CC1(N(C)C(C)C)COC1. The summed E-state index contributed by atoms with van der Waals surface area (Å²) in [5.41, 5.74) is 0.243. The molecule has 1 fully saturated rings. The first-order valence-corrected chi connectivity index (χ1v) is 5.90. The number of hydrogen-bond donors (Lipinski definition) is 0. The molecule has 3 nitrogen and oxygen atoms in total. The fourth-order valence-electron chi connectivity index (χ4n) is 1.94. The van der Waals surface area contributed by atoms with Gasteiger partial charge in [-0.05, 0) is 41.8 Å². The summed E-state index contributed by atoms with van der Waals surface area (Å²) < 4.78 is 5.42. The summed E-state index contributed by atoms with van der Waals surface area (Å²) in [6.45, 7) is 11.8. The van der Waals surface area contributed by atoms with Gasteiger partial charge in [-0.1, -0.05) is 0 Å². The van der Waals surface area contributed by atoms with Crippen molar-refractivity contribution in [3.8, 4) is 0 Å². The maximum Gasteiger partial charge on any atom is 0.0806 e. The summed E-state index contributed by atoms with van der Waals surface area (Å²) in [4.78, 5) is 4.86. The molecule has 90 valence electrons. The maximum atomic E-state index is 5.42. The van der Waals surface area contributed by atoms with E-state index >= 15 is 0 Å². The van der Waals surface area contributed by atoms with Gasteiger partial charge in [-0.25, -0.2) is 0 Å². The summed E-state index contributed by atoms with van der Waals surface area (Å²) in [5, 5.41) is 0. The van der Waals surface area contributed by atoms with Crippen molar-refractivity contribution in [3.63, 3.8) is 0 Å². The number of rotatable bonds is 5. The van der Waals surface area contributed by atoms with E-state index in [1.54, 1.807) is 0 Å². The van der Waals surface area contributed by atoms with Gasteiger partial charge in [-0.15, -0.1) is 0 Å². The van der Waals surface area contributed by atoms with Crippen LogP contribution in [0.3, 0.4) is 0 Å². The van der Waals surface area contributed by atoms with Crippen molar-refractivity contribution < 1.29 is 4.74 Å². The molecule has 0 unspecified atom stereocenters. The van der Waals surface area contributed by atoms with Crippen molar-refractivity contribution in [2.75, 3.05) is 33.9 Å². The monoisotopic (exact) mass is 214 g/mol. The van der Waals surface area contributed by atoms with Gasteiger partial charge in [0, 0.05) is 18.6 Å². The quantitative estimate of drug-likeness (QED) is 0.688. The van der Waals surface area contributed by atoms with E-state index in [0.29, 0.717) is 12.1 Å². The molecular weight excluding hydrogens is 188 g/mol. The zero-order valence-corrected chi connectivity index (χ0v) is 11.1. The third-order valence-electron chi connectivity index (χ3n) is 3.69.